The second kappa shape index (κ2) is 4.06. The van der Waals surface area contributed by atoms with Crippen LogP contribution in [0.1, 0.15) is 17.6 Å². The molecule has 0 unspecified atom stereocenters. The van der Waals surface area contributed by atoms with Gasteiger partial charge in [0.25, 0.3) is 12.0 Å². The monoisotopic (exact) mass is 339 g/mol. The number of rotatable bonds is 1. The summed E-state index contributed by atoms with van der Waals surface area (Å²) in [5.74, 6) is 0. The van der Waals surface area contributed by atoms with Crippen LogP contribution in [0.2, 0.25) is 0 Å². The van der Waals surface area contributed by atoms with Gasteiger partial charge in [-0.25, -0.2) is 8.78 Å². The lowest BCUT2D eigenvalue weighted by atomic mass is 10.1. The van der Waals surface area contributed by atoms with Gasteiger partial charge < -0.3 is 4.98 Å². The summed E-state index contributed by atoms with van der Waals surface area (Å²) in [6, 6.07) is 0. The molecule has 1 heterocycles. The molecular formula is C7H3F5INO. The SMILES string of the molecule is O=c1[nH]cc(C(F)(F)F)c(C(F)F)c1I. The first kappa shape index (κ1) is 12.4. The van der Waals surface area contributed by atoms with E-state index in [0.29, 0.717) is 0 Å². The molecule has 0 radical (unpaired) electrons. The van der Waals surface area contributed by atoms with E-state index in [9.17, 15) is 26.7 Å². The van der Waals surface area contributed by atoms with Gasteiger partial charge >= 0.3 is 6.18 Å². The maximum absolute atomic E-state index is 12.3. The molecular weight excluding hydrogens is 336 g/mol. The van der Waals surface area contributed by atoms with Crippen LogP contribution >= 0.6 is 22.6 Å². The highest BCUT2D eigenvalue weighted by atomic mass is 127. The molecule has 0 aliphatic heterocycles. The second-order valence-corrected chi connectivity index (χ2v) is 3.64. The van der Waals surface area contributed by atoms with Crippen LogP contribution in [0.4, 0.5) is 22.0 Å². The molecule has 0 spiro atoms. The fourth-order valence-electron chi connectivity index (χ4n) is 0.967. The van der Waals surface area contributed by atoms with Gasteiger partial charge in [0, 0.05) is 6.20 Å². The quantitative estimate of drug-likeness (QED) is 0.619. The highest BCUT2D eigenvalue weighted by Crippen LogP contribution is 2.36. The van der Waals surface area contributed by atoms with Crippen LogP contribution in [0.25, 0.3) is 0 Å². The van der Waals surface area contributed by atoms with Gasteiger partial charge in [-0.15, -0.1) is 0 Å². The Morgan fingerprint density at radius 2 is 1.87 bits per heavy atom. The van der Waals surface area contributed by atoms with E-state index in [1.807, 2.05) is 0 Å². The third-order valence-corrected chi connectivity index (χ3v) is 2.67. The van der Waals surface area contributed by atoms with E-state index in [1.165, 1.54) is 0 Å². The molecule has 0 bridgehead atoms. The number of alkyl halides is 5. The molecule has 15 heavy (non-hydrogen) atoms. The molecule has 0 aromatic carbocycles. The van der Waals surface area contributed by atoms with Gasteiger partial charge in [-0.05, 0) is 22.6 Å². The minimum Gasteiger partial charge on any atom is -0.328 e. The van der Waals surface area contributed by atoms with Crippen molar-refractivity contribution in [3.05, 3.63) is 31.2 Å². The predicted octanol–water partition coefficient (Wildman–Crippen LogP) is 2.94. The van der Waals surface area contributed by atoms with E-state index in [-0.39, 0.29) is 6.20 Å². The van der Waals surface area contributed by atoms with Crippen LogP contribution in [0.3, 0.4) is 0 Å². The van der Waals surface area contributed by atoms with Crippen LogP contribution in [0, 0.1) is 3.57 Å². The average Bonchev–Trinajstić information content (AvgIpc) is 2.06. The molecule has 0 fully saturated rings. The van der Waals surface area contributed by atoms with Gasteiger partial charge in [-0.3, -0.25) is 4.79 Å². The lowest BCUT2D eigenvalue weighted by Gasteiger charge is -2.12. The molecule has 0 saturated heterocycles. The Hall–Kier alpha value is -0.670. The summed E-state index contributed by atoms with van der Waals surface area (Å²) in [6.07, 6.45) is -7.99. The molecule has 0 saturated carbocycles. The number of aromatic amines is 1. The smallest absolute Gasteiger partial charge is 0.328 e. The van der Waals surface area contributed by atoms with Gasteiger partial charge in [0.1, 0.15) is 0 Å². The van der Waals surface area contributed by atoms with Crippen molar-refractivity contribution in [1.29, 1.82) is 0 Å². The van der Waals surface area contributed by atoms with Crippen LogP contribution in [0.15, 0.2) is 11.0 Å². The van der Waals surface area contributed by atoms with Crippen LogP contribution in [-0.2, 0) is 6.18 Å². The molecule has 0 aliphatic rings. The highest BCUT2D eigenvalue weighted by Gasteiger charge is 2.37. The average molecular weight is 339 g/mol. The minimum atomic E-state index is -4.91. The first-order chi connectivity index (χ1) is 6.75. The Morgan fingerprint density at radius 1 is 1.33 bits per heavy atom. The topological polar surface area (TPSA) is 32.9 Å². The lowest BCUT2D eigenvalue weighted by molar-refractivity contribution is -0.139. The molecule has 1 aromatic rings. The maximum Gasteiger partial charge on any atom is 0.418 e. The fraction of sp³-hybridized carbons (Fsp3) is 0.286. The number of halogens is 6. The third kappa shape index (κ3) is 2.47. The molecule has 1 N–H and O–H groups in total. The zero-order chi connectivity index (χ0) is 11.8. The van der Waals surface area contributed by atoms with Gasteiger partial charge in [0.15, 0.2) is 0 Å². The number of hydrogen-bond acceptors (Lipinski definition) is 1. The summed E-state index contributed by atoms with van der Waals surface area (Å²) in [5.41, 5.74) is -3.74. The Bertz CT molecular complexity index is 424. The predicted molar refractivity (Wildman–Crippen MR) is 49.7 cm³/mol. The molecule has 8 heteroatoms. The summed E-state index contributed by atoms with van der Waals surface area (Å²) in [6.45, 7) is 0. The zero-order valence-electron chi connectivity index (χ0n) is 6.83. The van der Waals surface area contributed by atoms with Crippen molar-refractivity contribution in [1.82, 2.24) is 4.98 Å². The Morgan fingerprint density at radius 3 is 2.27 bits per heavy atom. The van der Waals surface area contributed by atoms with E-state index in [1.54, 1.807) is 4.98 Å². The molecule has 2 nitrogen and oxygen atoms in total. The number of hydrogen-bond donors (Lipinski definition) is 1. The lowest BCUT2D eigenvalue weighted by Crippen LogP contribution is -2.19. The van der Waals surface area contributed by atoms with E-state index in [0.717, 1.165) is 22.6 Å². The molecule has 1 rings (SSSR count). The van der Waals surface area contributed by atoms with E-state index in [2.05, 4.69) is 0 Å². The Kier molecular flexibility index (Phi) is 3.36. The van der Waals surface area contributed by atoms with Crippen LogP contribution in [-0.4, -0.2) is 4.98 Å². The van der Waals surface area contributed by atoms with E-state index < -0.39 is 32.9 Å². The second-order valence-electron chi connectivity index (χ2n) is 2.56. The van der Waals surface area contributed by atoms with Gasteiger partial charge in [0.2, 0.25) is 0 Å². The van der Waals surface area contributed by atoms with Gasteiger partial charge in [-0.2, -0.15) is 13.2 Å². The number of aromatic nitrogens is 1. The summed E-state index contributed by atoms with van der Waals surface area (Å²) in [5, 5.41) is 0. The summed E-state index contributed by atoms with van der Waals surface area (Å²) < 4.78 is 60.8. The largest absolute Gasteiger partial charge is 0.418 e. The van der Waals surface area contributed by atoms with Gasteiger partial charge in [0.05, 0.1) is 14.7 Å². The standard InChI is InChI=1S/C7H3F5INO/c8-5(9)3-2(7(10,11)12)1-14-6(15)4(3)13/h1,5H,(H,14,15). The van der Waals surface area contributed by atoms with Crippen LogP contribution < -0.4 is 5.56 Å². The van der Waals surface area contributed by atoms with Crippen molar-refractivity contribution in [2.24, 2.45) is 0 Å². The van der Waals surface area contributed by atoms with E-state index in [4.69, 9.17) is 0 Å². The number of nitrogens with one attached hydrogen (secondary N) is 1. The summed E-state index contributed by atoms with van der Waals surface area (Å²) >= 11 is 1.16. The van der Waals surface area contributed by atoms with Gasteiger partial charge in [-0.1, -0.05) is 0 Å². The minimum absolute atomic E-state index is 0.256. The van der Waals surface area contributed by atoms with Crippen molar-refractivity contribution in [2.75, 3.05) is 0 Å². The number of H-pyrrole nitrogens is 1. The van der Waals surface area contributed by atoms with Crippen molar-refractivity contribution in [3.63, 3.8) is 0 Å². The number of pyridine rings is 1. The zero-order valence-corrected chi connectivity index (χ0v) is 8.99. The Balaban J connectivity index is 3.55. The van der Waals surface area contributed by atoms with Crippen molar-refractivity contribution >= 4 is 22.6 Å². The molecule has 0 aliphatic carbocycles. The van der Waals surface area contributed by atoms with E-state index >= 15 is 0 Å². The summed E-state index contributed by atoms with van der Waals surface area (Å²) in [7, 11) is 0. The molecule has 0 atom stereocenters. The fourth-order valence-corrected chi connectivity index (χ4v) is 1.65. The Labute approximate surface area is 93.6 Å². The first-order valence-corrected chi connectivity index (χ1v) is 4.59. The summed E-state index contributed by atoms with van der Waals surface area (Å²) in [4.78, 5) is 12.6. The van der Waals surface area contributed by atoms with Crippen molar-refractivity contribution < 1.29 is 22.0 Å². The maximum atomic E-state index is 12.3. The third-order valence-electron chi connectivity index (χ3n) is 1.60. The molecule has 1 aromatic heterocycles. The first-order valence-electron chi connectivity index (χ1n) is 3.51. The van der Waals surface area contributed by atoms with Crippen molar-refractivity contribution in [3.8, 4) is 0 Å². The van der Waals surface area contributed by atoms with Crippen LogP contribution in [0.5, 0.6) is 0 Å². The van der Waals surface area contributed by atoms with Crippen molar-refractivity contribution in [2.45, 2.75) is 12.6 Å². The molecule has 0 amide bonds. The normalized spacial score (nSPS) is 12.2. The molecule has 84 valence electrons. The highest BCUT2D eigenvalue weighted by molar-refractivity contribution is 14.1.